The average molecular weight is 210 g/mol. The molecule has 0 aromatic rings. The molecule has 0 aliphatic carbocycles. The smallest absolute Gasteiger partial charge is 0.359 e. The predicted octanol–water partition coefficient (Wildman–Crippen LogP) is 2.11. The van der Waals surface area contributed by atoms with E-state index in [2.05, 4.69) is 0 Å². The Hall–Kier alpha value is 0.110. The van der Waals surface area contributed by atoms with E-state index in [0.29, 0.717) is 6.42 Å². The number of rotatable bonds is 5. The van der Waals surface area contributed by atoms with Crippen molar-refractivity contribution < 1.29 is 19.1 Å². The Morgan fingerprint density at radius 1 is 1.54 bits per heavy atom. The van der Waals surface area contributed by atoms with E-state index in [1.54, 1.807) is 13.8 Å². The molecular weight excluding hydrogens is 191 g/mol. The summed E-state index contributed by atoms with van der Waals surface area (Å²) in [4.78, 5) is 9.43. The maximum atomic E-state index is 11.5. The number of hydrogen-bond acceptors (Lipinski definition) is 3. The second kappa shape index (κ2) is 4.56. The highest BCUT2D eigenvalue weighted by atomic mass is 31.2. The molecule has 0 fully saturated rings. The van der Waals surface area contributed by atoms with Gasteiger partial charge >= 0.3 is 7.60 Å². The van der Waals surface area contributed by atoms with Gasteiger partial charge in [-0.15, -0.1) is 0 Å². The molecule has 0 heterocycles. The fraction of sp³-hybridized carbons (Fsp3) is 1.00. The van der Waals surface area contributed by atoms with Crippen LogP contribution in [0, 0.1) is 0 Å². The molecule has 0 aliphatic heterocycles. The first-order chi connectivity index (χ1) is 5.77. The first kappa shape index (κ1) is 13.1. The molecule has 0 radical (unpaired) electrons. The normalized spacial score (nSPS) is 23.2. The van der Waals surface area contributed by atoms with E-state index in [9.17, 15) is 14.6 Å². The van der Waals surface area contributed by atoms with E-state index in [4.69, 9.17) is 4.52 Å². The van der Waals surface area contributed by atoms with Crippen LogP contribution in [0.4, 0.5) is 0 Å². The lowest BCUT2D eigenvalue weighted by Gasteiger charge is -2.28. The van der Waals surface area contributed by atoms with Crippen molar-refractivity contribution in [3.8, 4) is 0 Å². The molecule has 0 saturated carbocycles. The highest BCUT2D eigenvalue weighted by Crippen LogP contribution is 2.56. The summed E-state index contributed by atoms with van der Waals surface area (Å²) < 4.78 is 16.4. The van der Waals surface area contributed by atoms with Crippen LogP contribution in [0.15, 0.2) is 0 Å². The predicted molar refractivity (Wildman–Crippen MR) is 51.6 cm³/mol. The quantitative estimate of drug-likeness (QED) is 0.682. The van der Waals surface area contributed by atoms with Crippen LogP contribution in [0.1, 0.15) is 40.5 Å². The van der Waals surface area contributed by atoms with Crippen molar-refractivity contribution in [1.29, 1.82) is 0 Å². The molecule has 4 nitrogen and oxygen atoms in total. The molecule has 80 valence electrons. The molecule has 0 aromatic carbocycles. The van der Waals surface area contributed by atoms with E-state index in [1.807, 2.05) is 6.92 Å². The monoisotopic (exact) mass is 210 g/mol. The third-order valence-electron chi connectivity index (χ3n) is 2.18. The van der Waals surface area contributed by atoms with Crippen LogP contribution >= 0.6 is 7.60 Å². The van der Waals surface area contributed by atoms with Gasteiger partial charge in [0, 0.05) is 0 Å². The van der Waals surface area contributed by atoms with Crippen LogP contribution in [0.25, 0.3) is 0 Å². The molecule has 0 bridgehead atoms. The molecule has 5 heteroatoms. The van der Waals surface area contributed by atoms with Gasteiger partial charge in [-0.05, 0) is 26.7 Å². The summed E-state index contributed by atoms with van der Waals surface area (Å²) in [7, 11) is -3.91. The molecule has 0 spiro atoms. The van der Waals surface area contributed by atoms with Crippen molar-refractivity contribution in [2.45, 2.75) is 52.0 Å². The fourth-order valence-electron chi connectivity index (χ4n) is 0.632. The van der Waals surface area contributed by atoms with Gasteiger partial charge in [0.05, 0.1) is 6.10 Å². The molecule has 13 heavy (non-hydrogen) atoms. The Morgan fingerprint density at radius 2 is 2.00 bits per heavy atom. The van der Waals surface area contributed by atoms with Crippen LogP contribution in [-0.4, -0.2) is 21.4 Å². The van der Waals surface area contributed by atoms with Crippen molar-refractivity contribution in [3.05, 3.63) is 0 Å². The fourth-order valence-corrected chi connectivity index (χ4v) is 1.90. The zero-order chi connectivity index (χ0) is 10.7. The Kier molecular flexibility index (Phi) is 4.60. The number of hydrogen-bond donors (Lipinski definition) is 2. The van der Waals surface area contributed by atoms with Crippen LogP contribution in [0.5, 0.6) is 0 Å². The summed E-state index contributed by atoms with van der Waals surface area (Å²) in [5.41, 5.74) is 0. The highest BCUT2D eigenvalue weighted by Gasteiger charge is 2.42. The largest absolute Gasteiger partial charge is 0.378 e. The summed E-state index contributed by atoms with van der Waals surface area (Å²) >= 11 is 0. The molecule has 0 aromatic heterocycles. The van der Waals surface area contributed by atoms with Crippen molar-refractivity contribution >= 4 is 7.60 Å². The van der Waals surface area contributed by atoms with Crippen LogP contribution in [-0.2, 0) is 9.09 Å². The molecule has 2 N–H and O–H groups in total. The zero-order valence-corrected chi connectivity index (χ0v) is 9.54. The molecule has 0 amide bonds. The van der Waals surface area contributed by atoms with E-state index in [-0.39, 0.29) is 12.5 Å². The van der Waals surface area contributed by atoms with Crippen molar-refractivity contribution in [2.75, 3.05) is 0 Å². The lowest BCUT2D eigenvalue weighted by molar-refractivity contribution is 0.0752. The standard InChI is InChI=1S/C8H19O4P/c1-5-7(3)12-13(10,11)8(4,9)6-2/h7,9H,5-6H2,1-4H3,(H,10,11). The van der Waals surface area contributed by atoms with Gasteiger partial charge in [-0.3, -0.25) is 4.57 Å². The molecule has 3 atom stereocenters. The SMILES string of the molecule is CCC(C)OP(=O)(O)C(C)(O)CC. The second-order valence-corrected chi connectivity index (χ2v) is 5.63. The van der Waals surface area contributed by atoms with Crippen LogP contribution in [0.2, 0.25) is 0 Å². The Bertz CT molecular complexity index is 202. The Morgan fingerprint density at radius 3 is 2.31 bits per heavy atom. The van der Waals surface area contributed by atoms with E-state index in [1.165, 1.54) is 6.92 Å². The van der Waals surface area contributed by atoms with Crippen LogP contribution in [0.3, 0.4) is 0 Å². The Balaban J connectivity index is 4.48. The van der Waals surface area contributed by atoms with Gasteiger partial charge in [-0.2, -0.15) is 0 Å². The maximum absolute atomic E-state index is 11.5. The third kappa shape index (κ3) is 3.39. The summed E-state index contributed by atoms with van der Waals surface area (Å²) in [5, 5.41) is 7.91. The van der Waals surface area contributed by atoms with Gasteiger partial charge in [-0.25, -0.2) is 0 Å². The van der Waals surface area contributed by atoms with Gasteiger partial charge in [-0.1, -0.05) is 13.8 Å². The lowest BCUT2D eigenvalue weighted by Crippen LogP contribution is -2.25. The van der Waals surface area contributed by atoms with E-state index < -0.39 is 12.9 Å². The van der Waals surface area contributed by atoms with E-state index >= 15 is 0 Å². The Labute approximate surface area is 79.5 Å². The minimum atomic E-state index is -3.91. The van der Waals surface area contributed by atoms with Gasteiger partial charge in [0.1, 0.15) is 0 Å². The summed E-state index contributed by atoms with van der Waals surface area (Å²) in [6.45, 7) is 6.51. The van der Waals surface area contributed by atoms with Crippen molar-refractivity contribution in [1.82, 2.24) is 0 Å². The second-order valence-electron chi connectivity index (χ2n) is 3.42. The lowest BCUT2D eigenvalue weighted by atomic mass is 10.3. The van der Waals surface area contributed by atoms with E-state index in [0.717, 1.165) is 0 Å². The molecular formula is C8H19O4P. The molecule has 0 aliphatic rings. The first-order valence-corrected chi connectivity index (χ1v) is 6.08. The molecule has 3 unspecified atom stereocenters. The van der Waals surface area contributed by atoms with Gasteiger partial charge < -0.3 is 14.5 Å². The highest BCUT2D eigenvalue weighted by molar-refractivity contribution is 7.54. The first-order valence-electron chi connectivity index (χ1n) is 4.50. The minimum absolute atomic E-state index is 0.192. The van der Waals surface area contributed by atoms with Crippen LogP contribution < -0.4 is 0 Å². The minimum Gasteiger partial charge on any atom is -0.378 e. The van der Waals surface area contributed by atoms with Gasteiger partial charge in [0.25, 0.3) is 0 Å². The summed E-state index contributed by atoms with van der Waals surface area (Å²) in [6.07, 6.45) is 0.524. The molecule has 0 saturated heterocycles. The van der Waals surface area contributed by atoms with Gasteiger partial charge in [0.2, 0.25) is 0 Å². The van der Waals surface area contributed by atoms with Crippen molar-refractivity contribution in [2.24, 2.45) is 0 Å². The molecule has 0 rings (SSSR count). The summed E-state index contributed by atoms with van der Waals surface area (Å²) in [5.74, 6) is 0. The van der Waals surface area contributed by atoms with Gasteiger partial charge in [0.15, 0.2) is 5.34 Å². The zero-order valence-electron chi connectivity index (χ0n) is 8.65. The average Bonchev–Trinajstić information content (AvgIpc) is 2.03. The number of aliphatic hydroxyl groups is 1. The maximum Gasteiger partial charge on any atom is 0.359 e. The topological polar surface area (TPSA) is 66.8 Å². The third-order valence-corrected chi connectivity index (χ3v) is 4.36. The van der Waals surface area contributed by atoms with Crippen molar-refractivity contribution in [3.63, 3.8) is 0 Å². The summed E-state index contributed by atoms with van der Waals surface area (Å²) in [6, 6.07) is 0.